The topological polar surface area (TPSA) is 64.1 Å². The summed E-state index contributed by atoms with van der Waals surface area (Å²) in [5.41, 5.74) is 6.41. The molecule has 0 bridgehead atoms. The number of carbonyl (C=O) groups is 1. The molecule has 262 valence electrons. The van der Waals surface area contributed by atoms with Crippen LogP contribution in [0.3, 0.4) is 0 Å². The van der Waals surface area contributed by atoms with Crippen LogP contribution in [0.4, 0.5) is 0 Å². The van der Waals surface area contributed by atoms with Crippen molar-refractivity contribution < 1.29 is 19.0 Å². The van der Waals surface area contributed by atoms with E-state index in [0.717, 1.165) is 48.5 Å². The number of aromatic nitrogens is 1. The van der Waals surface area contributed by atoms with Crippen molar-refractivity contribution in [2.45, 2.75) is 33.4 Å². The predicted octanol–water partition coefficient (Wildman–Crippen LogP) is 9.36. The Morgan fingerprint density at radius 1 is 0.824 bits per heavy atom. The van der Waals surface area contributed by atoms with Crippen LogP contribution in [0, 0.1) is 13.8 Å². The first kappa shape index (κ1) is 36.0. The molecule has 7 nitrogen and oxygen atoms in total. The van der Waals surface area contributed by atoms with E-state index in [9.17, 15) is 4.79 Å². The zero-order valence-electron chi connectivity index (χ0n) is 28.9. The zero-order chi connectivity index (χ0) is 35.6. The van der Waals surface area contributed by atoms with E-state index in [1.54, 1.807) is 30.5 Å². The molecule has 9 heteroatoms. The van der Waals surface area contributed by atoms with Crippen LogP contribution >= 0.6 is 23.2 Å². The number of hydrogen-bond donors (Lipinski definition) is 0. The van der Waals surface area contributed by atoms with E-state index < -0.39 is 0 Å². The second-order valence-corrected chi connectivity index (χ2v) is 13.4. The Morgan fingerprint density at radius 2 is 1.57 bits per heavy atom. The number of halogens is 2. The summed E-state index contributed by atoms with van der Waals surface area (Å²) in [5, 5.41) is 0.970. The molecule has 0 aliphatic carbocycles. The highest BCUT2D eigenvalue weighted by atomic mass is 35.5. The molecule has 1 aromatic heterocycles. The highest BCUT2D eigenvalue weighted by Crippen LogP contribution is 2.28. The maximum atomic E-state index is 13.0. The lowest BCUT2D eigenvalue weighted by atomic mass is 10.1. The molecule has 5 aromatic rings. The van der Waals surface area contributed by atoms with Crippen LogP contribution in [-0.2, 0) is 24.4 Å². The third-order valence-corrected chi connectivity index (χ3v) is 9.62. The Hall–Kier alpha value is -4.82. The fraction of sp³-hybridized carbons (Fsp3) is 0.238. The molecule has 1 amide bonds. The zero-order valence-corrected chi connectivity index (χ0v) is 30.4. The van der Waals surface area contributed by atoms with Gasteiger partial charge in [-0.1, -0.05) is 83.4 Å². The lowest BCUT2D eigenvalue weighted by Crippen LogP contribution is -2.47. The molecule has 0 saturated carbocycles. The number of rotatable bonds is 13. The summed E-state index contributed by atoms with van der Waals surface area (Å²) >= 11 is 12.3. The van der Waals surface area contributed by atoms with E-state index in [0.29, 0.717) is 47.1 Å². The Balaban J connectivity index is 0.916. The van der Waals surface area contributed by atoms with Crippen molar-refractivity contribution in [2.75, 3.05) is 32.8 Å². The van der Waals surface area contributed by atoms with Gasteiger partial charge in [-0.3, -0.25) is 9.69 Å². The molecule has 0 N–H and O–H groups in total. The number of nitrogens with zero attached hydrogens (tertiary/aromatic N) is 3. The summed E-state index contributed by atoms with van der Waals surface area (Å²) in [7, 11) is 0. The Bertz CT molecular complexity index is 1940. The third-order valence-electron chi connectivity index (χ3n) is 8.76. The highest BCUT2D eigenvalue weighted by molar-refractivity contribution is 6.42. The summed E-state index contributed by atoms with van der Waals surface area (Å²) in [6, 6.07) is 31.7. The van der Waals surface area contributed by atoms with Gasteiger partial charge in [-0.05, 0) is 78.6 Å². The minimum atomic E-state index is 0.0222. The summed E-state index contributed by atoms with van der Waals surface area (Å²) in [6.07, 6.45) is 5.99. The smallest absolute Gasteiger partial charge is 0.246 e. The van der Waals surface area contributed by atoms with Gasteiger partial charge in [-0.25, -0.2) is 4.98 Å². The van der Waals surface area contributed by atoms with Crippen molar-refractivity contribution in [3.8, 4) is 23.1 Å². The van der Waals surface area contributed by atoms with Gasteiger partial charge in [0.2, 0.25) is 11.8 Å². The first-order chi connectivity index (χ1) is 24.8. The highest BCUT2D eigenvalue weighted by Gasteiger charge is 2.20. The molecular weight excluding hydrogens is 681 g/mol. The fourth-order valence-corrected chi connectivity index (χ4v) is 6.10. The number of hydrogen-bond acceptors (Lipinski definition) is 6. The molecule has 0 unspecified atom stereocenters. The molecule has 1 aliphatic rings. The van der Waals surface area contributed by atoms with Gasteiger partial charge in [0.15, 0.2) is 0 Å². The van der Waals surface area contributed by atoms with E-state index in [1.165, 1.54) is 16.7 Å². The monoisotopic (exact) mass is 721 g/mol. The predicted molar refractivity (Wildman–Crippen MR) is 204 cm³/mol. The van der Waals surface area contributed by atoms with E-state index in [4.69, 9.17) is 37.4 Å². The molecule has 4 aromatic carbocycles. The largest absolute Gasteiger partial charge is 0.493 e. The molecule has 1 saturated heterocycles. The van der Waals surface area contributed by atoms with Crippen molar-refractivity contribution >= 4 is 35.2 Å². The van der Waals surface area contributed by atoms with Gasteiger partial charge >= 0.3 is 0 Å². The van der Waals surface area contributed by atoms with Gasteiger partial charge in [0.05, 0.1) is 22.8 Å². The number of benzene rings is 4. The van der Waals surface area contributed by atoms with Gasteiger partial charge in [0.25, 0.3) is 0 Å². The Morgan fingerprint density at radius 3 is 2.29 bits per heavy atom. The molecule has 0 spiro atoms. The minimum Gasteiger partial charge on any atom is -0.493 e. The first-order valence-corrected chi connectivity index (χ1v) is 17.8. The summed E-state index contributed by atoms with van der Waals surface area (Å²) in [5.74, 6) is 2.64. The van der Waals surface area contributed by atoms with Gasteiger partial charge in [0.1, 0.15) is 23.9 Å². The minimum absolute atomic E-state index is 0.0222. The molecule has 0 radical (unpaired) electrons. The van der Waals surface area contributed by atoms with Gasteiger partial charge in [-0.15, -0.1) is 0 Å². The maximum absolute atomic E-state index is 13.0. The van der Waals surface area contributed by atoms with E-state index in [-0.39, 0.29) is 12.5 Å². The van der Waals surface area contributed by atoms with Crippen LogP contribution in [0.2, 0.25) is 10.0 Å². The Kier molecular flexibility index (Phi) is 12.3. The summed E-state index contributed by atoms with van der Waals surface area (Å²) < 4.78 is 17.7. The number of ether oxygens (including phenoxy) is 3. The number of amides is 1. The van der Waals surface area contributed by atoms with E-state index in [2.05, 4.69) is 53.2 Å². The van der Waals surface area contributed by atoms with Crippen LogP contribution in [-0.4, -0.2) is 53.5 Å². The molecule has 1 aliphatic heterocycles. The summed E-state index contributed by atoms with van der Waals surface area (Å²) in [6.45, 7) is 8.93. The van der Waals surface area contributed by atoms with Crippen LogP contribution in [0.5, 0.6) is 23.1 Å². The third kappa shape index (κ3) is 10.4. The van der Waals surface area contributed by atoms with E-state index >= 15 is 0 Å². The molecule has 6 rings (SSSR count). The van der Waals surface area contributed by atoms with Gasteiger partial charge < -0.3 is 19.1 Å². The lowest BCUT2D eigenvalue weighted by molar-refractivity contribution is -0.127. The van der Waals surface area contributed by atoms with Gasteiger partial charge in [-0.2, -0.15) is 0 Å². The second-order valence-electron chi connectivity index (χ2n) is 12.6. The van der Waals surface area contributed by atoms with Crippen molar-refractivity contribution in [1.29, 1.82) is 0 Å². The maximum Gasteiger partial charge on any atom is 0.246 e. The van der Waals surface area contributed by atoms with Crippen LogP contribution in [0.15, 0.2) is 109 Å². The van der Waals surface area contributed by atoms with Crippen LogP contribution in [0.25, 0.3) is 6.08 Å². The van der Waals surface area contributed by atoms with Crippen LogP contribution < -0.4 is 14.2 Å². The Labute approximate surface area is 310 Å². The number of carbonyl (C=O) groups excluding carboxylic acids is 1. The standard InChI is InChI=1S/C42H41Cl2N3O4/c1-30-6-14-36(15-7-30)49-25-20-32-8-10-34(11-9-32)28-46-21-23-47(24-22-46)41(48)19-13-33-12-17-39(31(2)26-33)51-40-18-16-37(27-45-40)50-29-35-4-3-5-38(43)42(35)44/h3-19,26-27H,20-25,28-29H2,1-2H3. The van der Waals surface area contributed by atoms with Crippen molar-refractivity contribution in [2.24, 2.45) is 0 Å². The number of pyridine rings is 1. The molecule has 0 atom stereocenters. The second kappa shape index (κ2) is 17.4. The first-order valence-electron chi connectivity index (χ1n) is 17.1. The molecule has 51 heavy (non-hydrogen) atoms. The fourth-order valence-electron chi connectivity index (χ4n) is 5.73. The number of aryl methyl sites for hydroxylation is 2. The quantitative estimate of drug-likeness (QED) is 0.113. The van der Waals surface area contributed by atoms with Crippen molar-refractivity contribution in [1.82, 2.24) is 14.8 Å². The molecule has 2 heterocycles. The van der Waals surface area contributed by atoms with Gasteiger partial charge in [0, 0.05) is 56.9 Å². The SMILES string of the molecule is Cc1ccc(OCCc2ccc(CN3CCN(C(=O)C=Cc4ccc(Oc5ccc(OCc6cccc(Cl)c6Cl)cn5)c(C)c4)CC3)cc2)cc1. The average molecular weight is 723 g/mol. The summed E-state index contributed by atoms with van der Waals surface area (Å²) in [4.78, 5) is 21.7. The lowest BCUT2D eigenvalue weighted by Gasteiger charge is -2.34. The average Bonchev–Trinajstić information content (AvgIpc) is 3.14. The van der Waals surface area contributed by atoms with Crippen molar-refractivity contribution in [3.05, 3.63) is 153 Å². The normalized spacial score (nSPS) is 13.4. The molecule has 1 fully saturated rings. The van der Waals surface area contributed by atoms with E-state index in [1.807, 2.05) is 60.4 Å². The van der Waals surface area contributed by atoms with Crippen LogP contribution in [0.1, 0.15) is 33.4 Å². The van der Waals surface area contributed by atoms with Crippen molar-refractivity contribution in [3.63, 3.8) is 0 Å². The molecular formula is C42H41Cl2N3O4. The number of piperazine rings is 1.